The van der Waals surface area contributed by atoms with Crippen molar-refractivity contribution in [1.82, 2.24) is 9.97 Å². The highest BCUT2D eigenvalue weighted by Crippen LogP contribution is 2.34. The first-order valence-corrected chi connectivity index (χ1v) is 7.53. The van der Waals surface area contributed by atoms with Crippen molar-refractivity contribution in [2.45, 2.75) is 33.6 Å². The van der Waals surface area contributed by atoms with Crippen molar-refractivity contribution < 1.29 is 4.74 Å². The van der Waals surface area contributed by atoms with Gasteiger partial charge < -0.3 is 4.74 Å². The highest BCUT2D eigenvalue weighted by Gasteiger charge is 2.14. The first-order valence-electron chi connectivity index (χ1n) is 6.36. The molecule has 0 amide bonds. The summed E-state index contributed by atoms with van der Waals surface area (Å²) in [5, 5.41) is 0.427. The SMILES string of the molecule is Cc1nc(Cl)c(C)c(Oc2ccc(Br)cc2C(C)C)n1. The molecule has 5 heteroatoms. The normalized spacial score (nSPS) is 10.9. The van der Waals surface area contributed by atoms with E-state index in [1.807, 2.05) is 19.1 Å². The third kappa shape index (κ3) is 3.30. The van der Waals surface area contributed by atoms with Gasteiger partial charge >= 0.3 is 0 Å². The zero-order valence-corrected chi connectivity index (χ0v) is 14.2. The van der Waals surface area contributed by atoms with Gasteiger partial charge in [-0.15, -0.1) is 0 Å². The van der Waals surface area contributed by atoms with Crippen molar-refractivity contribution in [2.75, 3.05) is 0 Å². The molecule has 106 valence electrons. The fourth-order valence-electron chi connectivity index (χ4n) is 1.84. The van der Waals surface area contributed by atoms with Gasteiger partial charge in [-0.05, 0) is 43.5 Å². The molecule has 0 radical (unpaired) electrons. The second kappa shape index (κ2) is 6.10. The molecule has 0 fully saturated rings. The lowest BCUT2D eigenvalue weighted by atomic mass is 10.0. The minimum atomic E-state index is 0.348. The summed E-state index contributed by atoms with van der Waals surface area (Å²) in [4.78, 5) is 8.44. The van der Waals surface area contributed by atoms with Crippen LogP contribution in [0.4, 0.5) is 0 Å². The lowest BCUT2D eigenvalue weighted by Gasteiger charge is -2.15. The molecule has 0 aliphatic heterocycles. The van der Waals surface area contributed by atoms with Crippen LogP contribution in [0.5, 0.6) is 11.6 Å². The summed E-state index contributed by atoms with van der Waals surface area (Å²) >= 11 is 9.56. The summed E-state index contributed by atoms with van der Waals surface area (Å²) in [5.41, 5.74) is 1.86. The van der Waals surface area contributed by atoms with Crippen molar-refractivity contribution in [2.24, 2.45) is 0 Å². The van der Waals surface area contributed by atoms with Crippen molar-refractivity contribution in [3.05, 3.63) is 44.8 Å². The molecule has 2 rings (SSSR count). The molecular weight excluding hydrogens is 340 g/mol. The van der Waals surface area contributed by atoms with E-state index in [-0.39, 0.29) is 0 Å². The van der Waals surface area contributed by atoms with E-state index >= 15 is 0 Å². The van der Waals surface area contributed by atoms with E-state index in [1.54, 1.807) is 6.92 Å². The van der Waals surface area contributed by atoms with Gasteiger partial charge in [0, 0.05) is 10.0 Å². The summed E-state index contributed by atoms with van der Waals surface area (Å²) in [6.45, 7) is 7.90. The largest absolute Gasteiger partial charge is 0.438 e. The maximum atomic E-state index is 6.07. The van der Waals surface area contributed by atoms with Crippen LogP contribution in [0.2, 0.25) is 5.15 Å². The Morgan fingerprint density at radius 1 is 1.20 bits per heavy atom. The van der Waals surface area contributed by atoms with E-state index < -0.39 is 0 Å². The van der Waals surface area contributed by atoms with Crippen LogP contribution < -0.4 is 4.74 Å². The molecule has 0 saturated heterocycles. The predicted octanol–water partition coefficient (Wildman–Crippen LogP) is 5.43. The average Bonchev–Trinajstić information content (AvgIpc) is 2.37. The van der Waals surface area contributed by atoms with Crippen molar-refractivity contribution in [1.29, 1.82) is 0 Å². The molecule has 1 heterocycles. The number of halogens is 2. The Bertz CT molecular complexity index is 644. The molecule has 0 aliphatic carbocycles. The van der Waals surface area contributed by atoms with Gasteiger partial charge in [-0.25, -0.2) is 4.98 Å². The van der Waals surface area contributed by atoms with Gasteiger partial charge in [0.15, 0.2) is 0 Å². The van der Waals surface area contributed by atoms with Gasteiger partial charge in [-0.2, -0.15) is 4.98 Å². The summed E-state index contributed by atoms with van der Waals surface area (Å²) in [5.74, 6) is 2.24. The molecule has 1 aromatic heterocycles. The molecule has 0 bridgehead atoms. The third-order valence-corrected chi connectivity index (χ3v) is 3.82. The van der Waals surface area contributed by atoms with E-state index in [2.05, 4.69) is 45.8 Å². The summed E-state index contributed by atoms with van der Waals surface area (Å²) in [6.07, 6.45) is 0. The first-order chi connectivity index (χ1) is 9.38. The van der Waals surface area contributed by atoms with Crippen LogP contribution in [-0.2, 0) is 0 Å². The summed E-state index contributed by atoms with van der Waals surface area (Å²) in [6, 6.07) is 5.95. The molecule has 2 aromatic rings. The van der Waals surface area contributed by atoms with Crippen molar-refractivity contribution in [3.63, 3.8) is 0 Å². The third-order valence-electron chi connectivity index (χ3n) is 2.95. The minimum absolute atomic E-state index is 0.348. The molecule has 0 aliphatic rings. The fraction of sp³-hybridized carbons (Fsp3) is 0.333. The van der Waals surface area contributed by atoms with Gasteiger partial charge in [0.1, 0.15) is 16.7 Å². The van der Waals surface area contributed by atoms with Crippen LogP contribution in [0.15, 0.2) is 22.7 Å². The zero-order valence-electron chi connectivity index (χ0n) is 11.9. The summed E-state index contributed by atoms with van der Waals surface area (Å²) in [7, 11) is 0. The predicted molar refractivity (Wildman–Crippen MR) is 84.8 cm³/mol. The van der Waals surface area contributed by atoms with Crippen molar-refractivity contribution >= 4 is 27.5 Å². The van der Waals surface area contributed by atoms with Crippen LogP contribution in [0.1, 0.15) is 36.7 Å². The molecule has 3 nitrogen and oxygen atoms in total. The highest BCUT2D eigenvalue weighted by molar-refractivity contribution is 9.10. The average molecular weight is 356 g/mol. The number of hydrogen-bond acceptors (Lipinski definition) is 3. The number of nitrogens with zero attached hydrogens (tertiary/aromatic N) is 2. The second-order valence-electron chi connectivity index (χ2n) is 4.93. The monoisotopic (exact) mass is 354 g/mol. The van der Waals surface area contributed by atoms with Gasteiger partial charge in [-0.1, -0.05) is 41.4 Å². The molecule has 0 spiro atoms. The maximum Gasteiger partial charge on any atom is 0.226 e. The Balaban J connectivity index is 2.45. The van der Waals surface area contributed by atoms with Gasteiger partial charge in [-0.3, -0.25) is 0 Å². The standard InChI is InChI=1S/C15H16BrClN2O/c1-8(2)12-7-11(16)5-6-13(12)20-15-9(3)14(17)18-10(4)19-15/h5-8H,1-4H3. The van der Waals surface area contributed by atoms with E-state index in [0.717, 1.165) is 21.3 Å². The Labute approximate surface area is 132 Å². The Hall–Kier alpha value is -1.13. The smallest absolute Gasteiger partial charge is 0.226 e. The molecule has 20 heavy (non-hydrogen) atoms. The van der Waals surface area contributed by atoms with Gasteiger partial charge in [0.25, 0.3) is 0 Å². The Kier molecular flexibility index (Phi) is 4.66. The topological polar surface area (TPSA) is 35.0 Å². The van der Waals surface area contributed by atoms with Crippen LogP contribution in [0, 0.1) is 13.8 Å². The number of benzene rings is 1. The van der Waals surface area contributed by atoms with E-state index in [1.165, 1.54) is 0 Å². The van der Waals surface area contributed by atoms with Crippen LogP contribution in [-0.4, -0.2) is 9.97 Å². The maximum absolute atomic E-state index is 6.07. The number of aryl methyl sites for hydroxylation is 1. The van der Waals surface area contributed by atoms with E-state index in [4.69, 9.17) is 16.3 Å². The minimum Gasteiger partial charge on any atom is -0.438 e. The first kappa shape index (κ1) is 15.3. The highest BCUT2D eigenvalue weighted by atomic mass is 79.9. The second-order valence-corrected chi connectivity index (χ2v) is 6.20. The molecule has 0 N–H and O–H groups in total. The quantitative estimate of drug-likeness (QED) is 0.689. The summed E-state index contributed by atoms with van der Waals surface area (Å²) < 4.78 is 6.99. The van der Waals surface area contributed by atoms with E-state index in [0.29, 0.717) is 22.8 Å². The Morgan fingerprint density at radius 3 is 2.55 bits per heavy atom. The van der Waals surface area contributed by atoms with Gasteiger partial charge in [0.2, 0.25) is 5.88 Å². The number of ether oxygens (including phenoxy) is 1. The molecule has 0 atom stereocenters. The molecule has 1 aromatic carbocycles. The van der Waals surface area contributed by atoms with Crippen molar-refractivity contribution in [3.8, 4) is 11.6 Å². The number of hydrogen-bond donors (Lipinski definition) is 0. The number of aromatic nitrogens is 2. The van der Waals surface area contributed by atoms with E-state index in [9.17, 15) is 0 Å². The molecule has 0 unspecified atom stereocenters. The van der Waals surface area contributed by atoms with Gasteiger partial charge in [0.05, 0.1) is 0 Å². The van der Waals surface area contributed by atoms with Crippen LogP contribution >= 0.6 is 27.5 Å². The molecule has 0 saturated carbocycles. The lowest BCUT2D eigenvalue weighted by molar-refractivity contribution is 0.447. The zero-order chi connectivity index (χ0) is 14.9. The number of rotatable bonds is 3. The fourth-order valence-corrected chi connectivity index (χ4v) is 2.42. The van der Waals surface area contributed by atoms with Crippen LogP contribution in [0.3, 0.4) is 0 Å². The molecular formula is C15H16BrClN2O. The van der Waals surface area contributed by atoms with Crippen LogP contribution in [0.25, 0.3) is 0 Å². The Morgan fingerprint density at radius 2 is 1.90 bits per heavy atom. The lowest BCUT2D eigenvalue weighted by Crippen LogP contribution is -2.00.